The molecule has 2 nitrogen and oxygen atoms in total. The van der Waals surface area contributed by atoms with Gasteiger partial charge in [0.05, 0.1) is 6.10 Å². The van der Waals surface area contributed by atoms with E-state index in [1.165, 1.54) is 12.2 Å². The van der Waals surface area contributed by atoms with Gasteiger partial charge in [-0.2, -0.15) is 0 Å². The summed E-state index contributed by atoms with van der Waals surface area (Å²) in [6.45, 7) is 5.15. The Hall–Kier alpha value is -0.760. The van der Waals surface area contributed by atoms with Crippen LogP contribution in [0.4, 0.5) is 0 Å². The van der Waals surface area contributed by atoms with Gasteiger partial charge in [0.1, 0.15) is 5.76 Å². The molecule has 52 valence electrons. The summed E-state index contributed by atoms with van der Waals surface area (Å²) in [5.41, 5.74) is 0. The minimum atomic E-state index is -0.553. The highest BCUT2D eigenvalue weighted by Gasteiger charge is 1.94. The van der Waals surface area contributed by atoms with Gasteiger partial charge in [-0.15, -0.1) is 0 Å². The third-order valence-corrected chi connectivity index (χ3v) is 0.991. The van der Waals surface area contributed by atoms with E-state index in [0.29, 0.717) is 6.42 Å². The molecule has 0 aliphatic rings. The third-order valence-electron chi connectivity index (χ3n) is 0.991. The number of hydrogen-bond acceptors (Lipinski definition) is 2. The van der Waals surface area contributed by atoms with Gasteiger partial charge in [-0.25, -0.2) is 0 Å². The lowest BCUT2D eigenvalue weighted by Gasteiger charge is -1.98. The maximum atomic E-state index is 8.88. The summed E-state index contributed by atoms with van der Waals surface area (Å²) in [6, 6.07) is 0. The summed E-state index contributed by atoms with van der Waals surface area (Å²) in [4.78, 5) is 0. The van der Waals surface area contributed by atoms with Crippen molar-refractivity contribution in [2.45, 2.75) is 19.4 Å². The van der Waals surface area contributed by atoms with Crippen molar-refractivity contribution >= 4 is 0 Å². The molecule has 0 bridgehead atoms. The molecule has 0 saturated carbocycles. The SMILES string of the molecule is C=C/C(O)=C\C(O)CC. The summed E-state index contributed by atoms with van der Waals surface area (Å²) in [5, 5.41) is 17.6. The Morgan fingerprint density at radius 2 is 2.33 bits per heavy atom. The normalized spacial score (nSPS) is 15.1. The van der Waals surface area contributed by atoms with Crippen molar-refractivity contribution in [3.8, 4) is 0 Å². The molecule has 0 rings (SSSR count). The molecule has 0 aromatic rings. The Morgan fingerprint density at radius 1 is 1.78 bits per heavy atom. The first-order valence-corrected chi connectivity index (χ1v) is 2.92. The van der Waals surface area contributed by atoms with Crippen LogP contribution in [0.5, 0.6) is 0 Å². The highest BCUT2D eigenvalue weighted by Crippen LogP contribution is 1.96. The minimum absolute atomic E-state index is 0.0318. The zero-order valence-corrected chi connectivity index (χ0v) is 5.54. The monoisotopic (exact) mass is 128 g/mol. The van der Waals surface area contributed by atoms with Gasteiger partial charge in [0.2, 0.25) is 0 Å². The number of rotatable bonds is 3. The number of hydrogen-bond donors (Lipinski definition) is 2. The van der Waals surface area contributed by atoms with Crippen molar-refractivity contribution in [3.63, 3.8) is 0 Å². The second-order valence-corrected chi connectivity index (χ2v) is 1.77. The van der Waals surface area contributed by atoms with E-state index in [4.69, 9.17) is 10.2 Å². The molecular weight excluding hydrogens is 116 g/mol. The Labute approximate surface area is 55.1 Å². The zero-order chi connectivity index (χ0) is 7.28. The fourth-order valence-corrected chi connectivity index (χ4v) is 0.383. The van der Waals surface area contributed by atoms with Crippen molar-refractivity contribution in [2.24, 2.45) is 0 Å². The quantitative estimate of drug-likeness (QED) is 0.445. The van der Waals surface area contributed by atoms with Crippen LogP contribution < -0.4 is 0 Å². The van der Waals surface area contributed by atoms with Crippen LogP contribution in [0.25, 0.3) is 0 Å². The Balaban J connectivity index is 3.78. The molecule has 1 atom stereocenters. The highest BCUT2D eigenvalue weighted by atomic mass is 16.3. The van der Waals surface area contributed by atoms with Gasteiger partial charge in [0.15, 0.2) is 0 Å². The van der Waals surface area contributed by atoms with Gasteiger partial charge in [-0.05, 0) is 18.6 Å². The maximum Gasteiger partial charge on any atom is 0.113 e. The average Bonchev–Trinajstić information content (AvgIpc) is 1.87. The standard InChI is InChI=1S/C7H12O2/c1-3-6(8)5-7(9)4-2/h3,5,7-9H,1,4H2,2H3/b6-5+. The number of aliphatic hydroxyl groups is 2. The molecule has 0 aromatic heterocycles. The topological polar surface area (TPSA) is 40.5 Å². The van der Waals surface area contributed by atoms with Gasteiger partial charge < -0.3 is 10.2 Å². The molecule has 0 fully saturated rings. The first kappa shape index (κ1) is 8.24. The molecule has 2 heteroatoms. The molecule has 0 aliphatic heterocycles. The summed E-state index contributed by atoms with van der Waals surface area (Å²) in [6.07, 6.45) is 2.70. The van der Waals surface area contributed by atoms with Crippen LogP contribution >= 0.6 is 0 Å². The largest absolute Gasteiger partial charge is 0.508 e. The van der Waals surface area contributed by atoms with E-state index in [0.717, 1.165) is 0 Å². The van der Waals surface area contributed by atoms with Crippen LogP contribution in [-0.4, -0.2) is 16.3 Å². The van der Waals surface area contributed by atoms with Crippen LogP contribution in [-0.2, 0) is 0 Å². The zero-order valence-electron chi connectivity index (χ0n) is 5.54. The van der Waals surface area contributed by atoms with Crippen LogP contribution in [0.15, 0.2) is 24.5 Å². The minimum Gasteiger partial charge on any atom is -0.508 e. The first-order valence-electron chi connectivity index (χ1n) is 2.92. The molecule has 0 amide bonds. The third kappa shape index (κ3) is 3.79. The van der Waals surface area contributed by atoms with Crippen molar-refractivity contribution in [3.05, 3.63) is 24.5 Å². The highest BCUT2D eigenvalue weighted by molar-refractivity contribution is 5.08. The van der Waals surface area contributed by atoms with E-state index in [-0.39, 0.29) is 5.76 Å². The van der Waals surface area contributed by atoms with Crippen LogP contribution in [0.1, 0.15) is 13.3 Å². The van der Waals surface area contributed by atoms with Crippen molar-refractivity contribution in [1.29, 1.82) is 0 Å². The molecule has 0 aromatic carbocycles. The predicted molar refractivity (Wildman–Crippen MR) is 37.2 cm³/mol. The molecule has 0 aliphatic carbocycles. The van der Waals surface area contributed by atoms with Crippen molar-refractivity contribution < 1.29 is 10.2 Å². The van der Waals surface area contributed by atoms with E-state index in [1.807, 2.05) is 6.92 Å². The number of aliphatic hydroxyl groups excluding tert-OH is 2. The fraction of sp³-hybridized carbons (Fsp3) is 0.429. The van der Waals surface area contributed by atoms with E-state index in [9.17, 15) is 0 Å². The lowest BCUT2D eigenvalue weighted by Crippen LogP contribution is -1.99. The summed E-state index contributed by atoms with van der Waals surface area (Å²) >= 11 is 0. The smallest absolute Gasteiger partial charge is 0.113 e. The van der Waals surface area contributed by atoms with Gasteiger partial charge in [-0.3, -0.25) is 0 Å². The predicted octanol–water partition coefficient (Wildman–Crippen LogP) is 1.39. The molecule has 0 saturated heterocycles. The summed E-state index contributed by atoms with van der Waals surface area (Å²) in [7, 11) is 0. The van der Waals surface area contributed by atoms with Gasteiger partial charge in [0.25, 0.3) is 0 Å². The van der Waals surface area contributed by atoms with E-state index in [2.05, 4.69) is 6.58 Å². The lowest BCUT2D eigenvalue weighted by molar-refractivity contribution is 0.214. The Kier molecular flexibility index (Phi) is 3.80. The Morgan fingerprint density at radius 3 is 2.67 bits per heavy atom. The fourth-order valence-electron chi connectivity index (χ4n) is 0.383. The average molecular weight is 128 g/mol. The first-order chi connectivity index (χ1) is 4.20. The molecular formula is C7H12O2. The maximum absolute atomic E-state index is 8.88. The molecule has 9 heavy (non-hydrogen) atoms. The summed E-state index contributed by atoms with van der Waals surface area (Å²) < 4.78 is 0. The number of allylic oxidation sites excluding steroid dienone is 1. The molecule has 0 radical (unpaired) electrons. The van der Waals surface area contributed by atoms with E-state index >= 15 is 0 Å². The van der Waals surface area contributed by atoms with Gasteiger partial charge >= 0.3 is 0 Å². The van der Waals surface area contributed by atoms with E-state index < -0.39 is 6.10 Å². The molecule has 1 unspecified atom stereocenters. The van der Waals surface area contributed by atoms with Crippen molar-refractivity contribution in [1.82, 2.24) is 0 Å². The van der Waals surface area contributed by atoms with Crippen LogP contribution in [0, 0.1) is 0 Å². The second kappa shape index (κ2) is 4.15. The van der Waals surface area contributed by atoms with Crippen LogP contribution in [0.3, 0.4) is 0 Å². The van der Waals surface area contributed by atoms with E-state index in [1.54, 1.807) is 0 Å². The molecule has 0 heterocycles. The molecule has 0 spiro atoms. The summed E-state index contributed by atoms with van der Waals surface area (Å²) in [5.74, 6) is 0.0318. The van der Waals surface area contributed by atoms with Crippen LogP contribution in [0.2, 0.25) is 0 Å². The van der Waals surface area contributed by atoms with Crippen molar-refractivity contribution in [2.75, 3.05) is 0 Å². The second-order valence-electron chi connectivity index (χ2n) is 1.77. The lowest BCUT2D eigenvalue weighted by atomic mass is 10.2. The molecule has 2 N–H and O–H groups in total. The van der Waals surface area contributed by atoms with Gasteiger partial charge in [-0.1, -0.05) is 13.5 Å². The Bertz CT molecular complexity index is 116. The van der Waals surface area contributed by atoms with Gasteiger partial charge in [0, 0.05) is 0 Å².